The molecule has 1 aliphatic rings. The van der Waals surface area contributed by atoms with E-state index >= 15 is 0 Å². The zero-order valence-electron chi connectivity index (χ0n) is 26.5. The molecule has 2 N–H and O–H groups in total. The van der Waals surface area contributed by atoms with Crippen LogP contribution in [-0.2, 0) is 21.5 Å². The van der Waals surface area contributed by atoms with Gasteiger partial charge in [0.15, 0.2) is 0 Å². The van der Waals surface area contributed by atoms with E-state index in [0.717, 1.165) is 5.56 Å². The molecule has 2 aromatic heterocycles. The predicted octanol–water partition coefficient (Wildman–Crippen LogP) is 5.65. The number of benzene rings is 1. The topological polar surface area (TPSA) is 131 Å². The van der Waals surface area contributed by atoms with Crippen LogP contribution in [0.4, 0.5) is 25.1 Å². The van der Waals surface area contributed by atoms with Crippen LogP contribution in [0, 0.1) is 6.92 Å². The summed E-state index contributed by atoms with van der Waals surface area (Å²) in [6.45, 7) is 7.70. The van der Waals surface area contributed by atoms with Crippen LogP contribution in [0.5, 0.6) is 0 Å². The normalized spacial score (nSPS) is 16.3. The first kappa shape index (κ1) is 33.8. The Morgan fingerprint density at radius 2 is 1.93 bits per heavy atom. The van der Waals surface area contributed by atoms with Gasteiger partial charge in [-0.15, -0.1) is 0 Å². The molecule has 1 saturated heterocycles. The van der Waals surface area contributed by atoms with E-state index in [1.807, 2.05) is 6.20 Å². The van der Waals surface area contributed by atoms with Crippen LogP contribution in [0.3, 0.4) is 0 Å². The number of ether oxygens (including phenoxy) is 1. The van der Waals surface area contributed by atoms with Crippen LogP contribution in [-0.4, -0.2) is 74.9 Å². The third-order valence-electron chi connectivity index (χ3n) is 7.23. The Morgan fingerprint density at radius 3 is 2.62 bits per heavy atom. The number of nitrogens with one attached hydrogen (secondary N) is 2. The Hall–Kier alpha value is -4.07. The van der Waals surface area contributed by atoms with E-state index in [2.05, 4.69) is 25.1 Å². The number of hydrogen-bond donors (Lipinski definition) is 2. The maximum absolute atomic E-state index is 14.2. The molecule has 3 heterocycles. The van der Waals surface area contributed by atoms with Gasteiger partial charge in [0.1, 0.15) is 11.4 Å². The van der Waals surface area contributed by atoms with Gasteiger partial charge in [0.2, 0.25) is 5.92 Å². The highest BCUT2D eigenvalue weighted by Crippen LogP contribution is 2.34. The van der Waals surface area contributed by atoms with Crippen LogP contribution in [0.1, 0.15) is 56.0 Å². The van der Waals surface area contributed by atoms with Crippen molar-refractivity contribution in [2.75, 3.05) is 42.7 Å². The van der Waals surface area contributed by atoms with Gasteiger partial charge >= 0.3 is 6.09 Å². The van der Waals surface area contributed by atoms with E-state index in [0.29, 0.717) is 34.1 Å². The molecule has 1 aromatic carbocycles. The van der Waals surface area contributed by atoms with Crippen LogP contribution in [0.15, 0.2) is 52.1 Å². The van der Waals surface area contributed by atoms with E-state index in [9.17, 15) is 22.6 Å². The fourth-order valence-corrected chi connectivity index (χ4v) is 6.26. The van der Waals surface area contributed by atoms with Crippen molar-refractivity contribution in [2.24, 2.45) is 11.4 Å². The fraction of sp³-hybridized carbons (Fsp3) is 0.484. The smallest absolute Gasteiger partial charge is 0.407 e. The van der Waals surface area contributed by atoms with Gasteiger partial charge in [-0.25, -0.2) is 27.1 Å². The third kappa shape index (κ3) is 8.99. The molecule has 0 bridgehead atoms. The molecule has 45 heavy (non-hydrogen) atoms. The Kier molecular flexibility index (Phi) is 10.2. The lowest BCUT2D eigenvalue weighted by Gasteiger charge is -2.26. The average molecular weight is 646 g/mol. The molecule has 0 unspecified atom stereocenters. The van der Waals surface area contributed by atoms with Crippen molar-refractivity contribution in [3.63, 3.8) is 0 Å². The number of hydrogen-bond acceptors (Lipinski definition) is 8. The molecule has 3 aromatic rings. The van der Waals surface area contributed by atoms with Gasteiger partial charge in [0, 0.05) is 79.9 Å². The Balaban J connectivity index is 1.59. The van der Waals surface area contributed by atoms with E-state index in [1.54, 1.807) is 81.0 Å². The fourth-order valence-electron chi connectivity index (χ4n) is 5.00. The second-order valence-electron chi connectivity index (χ2n) is 12.2. The number of aromatic nitrogens is 3. The number of alkyl halides is 2. The van der Waals surface area contributed by atoms with Crippen LogP contribution in [0.25, 0.3) is 11.1 Å². The quantitative estimate of drug-likeness (QED) is 0.303. The molecule has 1 aliphatic heterocycles. The second-order valence-corrected chi connectivity index (χ2v) is 14.5. The van der Waals surface area contributed by atoms with Crippen molar-refractivity contribution < 1.29 is 27.3 Å². The summed E-state index contributed by atoms with van der Waals surface area (Å²) in [5.74, 6) is -2.92. The summed E-state index contributed by atoms with van der Waals surface area (Å²) in [5.41, 5.74) is 2.10. The summed E-state index contributed by atoms with van der Waals surface area (Å²) < 4.78 is 53.0. The summed E-state index contributed by atoms with van der Waals surface area (Å²) in [6, 6.07) is 6.57. The van der Waals surface area contributed by atoms with Gasteiger partial charge in [-0.05, 0) is 57.9 Å². The lowest BCUT2D eigenvalue weighted by atomic mass is 9.99. The number of rotatable bonds is 8. The van der Waals surface area contributed by atoms with Gasteiger partial charge < -0.3 is 20.3 Å². The lowest BCUT2D eigenvalue weighted by molar-refractivity contribution is -0.0102. The number of anilines is 2. The van der Waals surface area contributed by atoms with Crippen LogP contribution in [0.2, 0.25) is 0 Å². The molecule has 2 amide bonds. The molecule has 0 saturated carbocycles. The maximum Gasteiger partial charge on any atom is 0.407 e. The summed E-state index contributed by atoms with van der Waals surface area (Å²) >= 11 is 0. The van der Waals surface area contributed by atoms with Crippen molar-refractivity contribution in [3.05, 3.63) is 54.0 Å². The van der Waals surface area contributed by atoms with Gasteiger partial charge in [0.25, 0.3) is 5.91 Å². The molecule has 1 fully saturated rings. The van der Waals surface area contributed by atoms with E-state index in [-0.39, 0.29) is 44.5 Å². The van der Waals surface area contributed by atoms with Gasteiger partial charge in [-0.1, -0.05) is 6.07 Å². The predicted molar refractivity (Wildman–Crippen MR) is 170 cm³/mol. The number of carbonyl (C=O) groups excluding carboxylic acids is 2. The van der Waals surface area contributed by atoms with Crippen molar-refractivity contribution >= 4 is 33.2 Å². The standard InChI is InChI=1S/C31H41F2N7O4S/c1-21-25(22-18-36-39(5)20-22)19-35-27(40-15-8-11-31(32,33)12-16-40)26(21)28(41)38-23-9-7-10-24(17-23)45(6,43)37-14-13-34-29(42)44-30(2,3)4/h7,9-10,17-20H,8,11-16H2,1-6H3,(H,34,42)(H,38,41)/t45-/m1/s1. The molecular formula is C31H41F2N7O4S. The van der Waals surface area contributed by atoms with E-state index < -0.39 is 33.3 Å². The first-order chi connectivity index (χ1) is 21.0. The van der Waals surface area contributed by atoms with Crippen molar-refractivity contribution in [2.45, 2.75) is 63.4 Å². The summed E-state index contributed by atoms with van der Waals surface area (Å²) in [4.78, 5) is 32.6. The van der Waals surface area contributed by atoms with Gasteiger partial charge in [0.05, 0.1) is 28.0 Å². The van der Waals surface area contributed by atoms with Gasteiger partial charge in [-0.3, -0.25) is 9.48 Å². The van der Waals surface area contributed by atoms with E-state index in [1.165, 1.54) is 6.26 Å². The zero-order valence-corrected chi connectivity index (χ0v) is 27.3. The Labute approximate surface area is 262 Å². The van der Waals surface area contributed by atoms with Crippen LogP contribution >= 0.6 is 0 Å². The zero-order chi connectivity index (χ0) is 33.0. The molecule has 14 heteroatoms. The van der Waals surface area contributed by atoms with E-state index in [4.69, 9.17) is 4.74 Å². The summed E-state index contributed by atoms with van der Waals surface area (Å²) in [7, 11) is -1.09. The highest BCUT2D eigenvalue weighted by atomic mass is 32.2. The highest BCUT2D eigenvalue weighted by Gasteiger charge is 2.34. The Morgan fingerprint density at radius 1 is 1.18 bits per heavy atom. The highest BCUT2D eigenvalue weighted by molar-refractivity contribution is 7.93. The number of nitrogens with zero attached hydrogens (tertiary/aromatic N) is 5. The average Bonchev–Trinajstić information content (AvgIpc) is 3.28. The second kappa shape index (κ2) is 13.5. The molecule has 0 aliphatic carbocycles. The lowest BCUT2D eigenvalue weighted by Crippen LogP contribution is -2.33. The SMILES string of the molecule is Cc1c(-c2cnn(C)c2)cnc(N2CCCC(F)(F)CC2)c1C(=O)Nc1cccc([S@@](C)(=O)=NCCNC(=O)OC(C)(C)C)c1. The van der Waals surface area contributed by atoms with Crippen molar-refractivity contribution in [1.82, 2.24) is 20.1 Å². The van der Waals surface area contributed by atoms with Gasteiger partial charge in [-0.2, -0.15) is 5.10 Å². The number of alkyl carbamates (subject to hydrolysis) is 1. The molecule has 0 radical (unpaired) electrons. The number of pyridine rings is 1. The van der Waals surface area contributed by atoms with Crippen molar-refractivity contribution in [1.29, 1.82) is 0 Å². The Bertz CT molecular complexity index is 1680. The monoisotopic (exact) mass is 645 g/mol. The molecule has 244 valence electrons. The maximum atomic E-state index is 14.2. The van der Waals surface area contributed by atoms with Crippen molar-refractivity contribution in [3.8, 4) is 11.1 Å². The largest absolute Gasteiger partial charge is 0.444 e. The molecule has 11 nitrogen and oxygen atoms in total. The number of halogens is 2. The first-order valence-corrected chi connectivity index (χ1v) is 16.6. The summed E-state index contributed by atoms with van der Waals surface area (Å²) in [5, 5.41) is 9.71. The minimum absolute atomic E-state index is 0.0592. The molecule has 1 atom stereocenters. The minimum Gasteiger partial charge on any atom is -0.444 e. The number of amides is 2. The molecular weight excluding hydrogens is 604 g/mol. The first-order valence-electron chi connectivity index (χ1n) is 14.7. The van der Waals surface area contributed by atoms with Crippen LogP contribution < -0.4 is 15.5 Å². The summed E-state index contributed by atoms with van der Waals surface area (Å²) in [6.07, 6.45) is 5.75. The number of carbonyl (C=O) groups is 2. The minimum atomic E-state index is -2.87. The molecule has 4 rings (SSSR count). The molecule has 0 spiro atoms. The number of aryl methyl sites for hydroxylation is 1. The third-order valence-corrected chi connectivity index (χ3v) is 9.03.